The summed E-state index contributed by atoms with van der Waals surface area (Å²) >= 11 is 6.28. The highest BCUT2D eigenvalue weighted by molar-refractivity contribution is 6.33. The zero-order valence-corrected chi connectivity index (χ0v) is 18.3. The molecule has 1 aliphatic rings. The second-order valence-corrected chi connectivity index (χ2v) is 8.17. The van der Waals surface area contributed by atoms with E-state index in [0.29, 0.717) is 39.1 Å². The van der Waals surface area contributed by atoms with Crippen molar-refractivity contribution in [2.45, 2.75) is 32.9 Å². The first-order chi connectivity index (χ1) is 15.5. The number of carbonyl (C=O) groups excluding carboxylic acids is 1. The van der Waals surface area contributed by atoms with Crippen LogP contribution in [0.2, 0.25) is 5.02 Å². The van der Waals surface area contributed by atoms with Crippen LogP contribution >= 0.6 is 11.6 Å². The van der Waals surface area contributed by atoms with Crippen LogP contribution in [0.25, 0.3) is 22.6 Å². The van der Waals surface area contributed by atoms with E-state index in [1.54, 1.807) is 19.1 Å². The Labute approximate surface area is 189 Å². The molecular formula is C24H20ClN3O4. The number of fused-ring (bicyclic) bond motifs is 1. The van der Waals surface area contributed by atoms with Crippen molar-refractivity contribution < 1.29 is 18.6 Å². The van der Waals surface area contributed by atoms with Gasteiger partial charge in [0.15, 0.2) is 5.76 Å². The number of amides is 1. The van der Waals surface area contributed by atoms with Gasteiger partial charge in [0.25, 0.3) is 5.91 Å². The number of rotatable bonds is 5. The minimum Gasteiger partial charge on any atom is -0.490 e. The number of aromatic nitrogens is 2. The Balaban J connectivity index is 1.31. The third-order valence-electron chi connectivity index (χ3n) is 5.39. The van der Waals surface area contributed by atoms with Crippen molar-refractivity contribution >= 4 is 17.5 Å². The molecule has 32 heavy (non-hydrogen) atoms. The highest BCUT2D eigenvalue weighted by atomic mass is 35.5. The monoisotopic (exact) mass is 449 g/mol. The number of benzene rings is 2. The molecule has 8 heteroatoms. The number of nitrogens with one attached hydrogen (secondary N) is 1. The fourth-order valence-corrected chi connectivity index (χ4v) is 4.07. The number of carbonyl (C=O) groups is 1. The average molecular weight is 450 g/mol. The van der Waals surface area contributed by atoms with Gasteiger partial charge < -0.3 is 19.1 Å². The lowest BCUT2D eigenvalue weighted by molar-refractivity contribution is 0.0949. The third kappa shape index (κ3) is 3.76. The number of nitrogens with zero attached hydrogens (tertiary/aromatic N) is 2. The van der Waals surface area contributed by atoms with Crippen molar-refractivity contribution in [1.82, 2.24) is 15.6 Å². The first kappa shape index (κ1) is 20.3. The molecule has 0 saturated carbocycles. The second-order valence-electron chi connectivity index (χ2n) is 7.76. The molecule has 0 fully saturated rings. The van der Waals surface area contributed by atoms with Gasteiger partial charge in [-0.3, -0.25) is 4.79 Å². The number of halogens is 1. The zero-order chi connectivity index (χ0) is 22.2. The lowest BCUT2D eigenvalue weighted by Crippen LogP contribution is -2.23. The predicted octanol–water partition coefficient (Wildman–Crippen LogP) is 5.21. The fourth-order valence-electron chi connectivity index (χ4n) is 3.84. The predicted molar refractivity (Wildman–Crippen MR) is 119 cm³/mol. The van der Waals surface area contributed by atoms with Gasteiger partial charge in [0, 0.05) is 23.6 Å². The lowest BCUT2D eigenvalue weighted by Gasteiger charge is -2.05. The van der Waals surface area contributed by atoms with Crippen molar-refractivity contribution in [3.8, 4) is 28.3 Å². The van der Waals surface area contributed by atoms with Gasteiger partial charge in [0.2, 0.25) is 0 Å². The van der Waals surface area contributed by atoms with E-state index >= 15 is 0 Å². The smallest absolute Gasteiger partial charge is 0.257 e. The van der Waals surface area contributed by atoms with Crippen LogP contribution in [0.15, 0.2) is 57.6 Å². The molecule has 1 atom stereocenters. The van der Waals surface area contributed by atoms with E-state index in [2.05, 4.69) is 21.7 Å². The summed E-state index contributed by atoms with van der Waals surface area (Å²) in [5.41, 5.74) is 4.05. The quantitative estimate of drug-likeness (QED) is 0.449. The van der Waals surface area contributed by atoms with Gasteiger partial charge in [-0.2, -0.15) is 0 Å². The summed E-state index contributed by atoms with van der Waals surface area (Å²) in [6.07, 6.45) is 1.05. The van der Waals surface area contributed by atoms with Crippen molar-refractivity contribution in [3.63, 3.8) is 0 Å². The van der Waals surface area contributed by atoms with Crippen LogP contribution in [-0.2, 0) is 13.0 Å². The van der Waals surface area contributed by atoms with Crippen LogP contribution in [0.1, 0.15) is 34.3 Å². The molecule has 2 aromatic heterocycles. The Kier molecular flexibility index (Phi) is 5.19. The highest BCUT2D eigenvalue weighted by Crippen LogP contribution is 2.33. The normalized spacial score (nSPS) is 14.8. The Bertz CT molecular complexity index is 1310. The van der Waals surface area contributed by atoms with Crippen LogP contribution in [-0.4, -0.2) is 22.3 Å². The number of hydrogen-bond acceptors (Lipinski definition) is 6. The molecule has 0 saturated heterocycles. The van der Waals surface area contributed by atoms with E-state index < -0.39 is 0 Å². The molecule has 1 unspecified atom stereocenters. The third-order valence-corrected chi connectivity index (χ3v) is 5.72. The Hall–Kier alpha value is -3.58. The molecule has 3 heterocycles. The van der Waals surface area contributed by atoms with Crippen LogP contribution in [0.3, 0.4) is 0 Å². The van der Waals surface area contributed by atoms with E-state index in [1.807, 2.05) is 37.3 Å². The molecule has 2 aromatic carbocycles. The van der Waals surface area contributed by atoms with Crippen LogP contribution < -0.4 is 10.1 Å². The first-order valence-electron chi connectivity index (χ1n) is 10.2. The molecular weight excluding hydrogens is 430 g/mol. The standard InChI is InChI=1S/C24H20ClN3O4/c1-13-9-16-10-15(7-8-20(16)30-13)21-11-17(27-32-21)12-26-24(29)22-14(2)31-28-23(22)18-5-3-4-6-19(18)25/h3-8,10-11,13H,9,12H2,1-2H3,(H,26,29). The fraction of sp³-hybridized carbons (Fsp3) is 0.208. The van der Waals surface area contributed by atoms with Gasteiger partial charge in [0.05, 0.1) is 11.6 Å². The summed E-state index contributed by atoms with van der Waals surface area (Å²) in [7, 11) is 0. The van der Waals surface area contributed by atoms with Crippen LogP contribution in [0, 0.1) is 6.92 Å². The topological polar surface area (TPSA) is 90.4 Å². The minimum atomic E-state index is -0.327. The summed E-state index contributed by atoms with van der Waals surface area (Å²) in [6.45, 7) is 3.93. The molecule has 1 aliphatic heterocycles. The molecule has 0 radical (unpaired) electrons. The van der Waals surface area contributed by atoms with Crippen molar-refractivity contribution in [3.05, 3.63) is 76.1 Å². The zero-order valence-electron chi connectivity index (χ0n) is 17.5. The summed E-state index contributed by atoms with van der Waals surface area (Å²) in [5, 5.41) is 11.5. The van der Waals surface area contributed by atoms with Gasteiger partial charge in [0.1, 0.15) is 34.6 Å². The molecule has 1 N–H and O–H groups in total. The Morgan fingerprint density at radius 2 is 2.00 bits per heavy atom. The van der Waals surface area contributed by atoms with Crippen molar-refractivity contribution in [1.29, 1.82) is 0 Å². The maximum atomic E-state index is 12.9. The van der Waals surface area contributed by atoms with Crippen molar-refractivity contribution in [2.75, 3.05) is 0 Å². The molecule has 0 spiro atoms. The largest absolute Gasteiger partial charge is 0.490 e. The van der Waals surface area contributed by atoms with E-state index in [9.17, 15) is 4.79 Å². The first-order valence-corrected chi connectivity index (χ1v) is 10.6. The van der Waals surface area contributed by atoms with Gasteiger partial charge in [-0.25, -0.2) is 0 Å². The summed E-state index contributed by atoms with van der Waals surface area (Å²) in [4.78, 5) is 12.9. The average Bonchev–Trinajstić information content (AvgIpc) is 3.49. The number of hydrogen-bond donors (Lipinski definition) is 1. The molecule has 0 bridgehead atoms. The Morgan fingerprint density at radius 1 is 1.16 bits per heavy atom. The molecule has 1 amide bonds. The minimum absolute atomic E-state index is 0.178. The van der Waals surface area contributed by atoms with Gasteiger partial charge in [-0.1, -0.05) is 40.1 Å². The van der Waals surface area contributed by atoms with E-state index in [-0.39, 0.29) is 18.6 Å². The highest BCUT2D eigenvalue weighted by Gasteiger charge is 2.23. The number of aryl methyl sites for hydroxylation is 1. The van der Waals surface area contributed by atoms with Crippen LogP contribution in [0.5, 0.6) is 5.75 Å². The van der Waals surface area contributed by atoms with Gasteiger partial charge in [-0.05, 0) is 43.7 Å². The summed E-state index contributed by atoms with van der Waals surface area (Å²) in [5.74, 6) is 1.63. The van der Waals surface area contributed by atoms with Gasteiger partial charge in [-0.15, -0.1) is 0 Å². The van der Waals surface area contributed by atoms with Crippen molar-refractivity contribution in [2.24, 2.45) is 0 Å². The van der Waals surface area contributed by atoms with Crippen LogP contribution in [0.4, 0.5) is 0 Å². The molecule has 0 aliphatic carbocycles. The molecule has 7 nitrogen and oxygen atoms in total. The number of ether oxygens (including phenoxy) is 1. The van der Waals surface area contributed by atoms with E-state index in [4.69, 9.17) is 25.4 Å². The van der Waals surface area contributed by atoms with E-state index in [0.717, 1.165) is 23.3 Å². The molecule has 4 aromatic rings. The summed E-state index contributed by atoms with van der Waals surface area (Å²) in [6, 6.07) is 14.9. The maximum absolute atomic E-state index is 12.9. The molecule has 162 valence electrons. The SMILES string of the molecule is Cc1onc(-c2ccccc2Cl)c1C(=O)NCc1cc(-c2ccc3c(c2)CC(C)O3)on1. The molecule has 5 rings (SSSR count). The van der Waals surface area contributed by atoms with Gasteiger partial charge >= 0.3 is 0 Å². The second kappa shape index (κ2) is 8.16. The maximum Gasteiger partial charge on any atom is 0.257 e. The lowest BCUT2D eigenvalue weighted by atomic mass is 10.0. The Morgan fingerprint density at radius 3 is 2.84 bits per heavy atom. The van der Waals surface area contributed by atoms with E-state index in [1.165, 1.54) is 0 Å². The summed E-state index contributed by atoms with van der Waals surface area (Å²) < 4.78 is 16.5.